The molecule has 1 aliphatic heterocycles. The molecule has 3 N–H and O–H groups in total. The summed E-state index contributed by atoms with van der Waals surface area (Å²) in [5.41, 5.74) is 4.45. The minimum Gasteiger partial charge on any atom is -0.394 e. The van der Waals surface area contributed by atoms with E-state index in [1.807, 2.05) is 30.3 Å². The van der Waals surface area contributed by atoms with Crippen molar-refractivity contribution in [2.45, 2.75) is 18.7 Å². The molecule has 0 spiro atoms. The fourth-order valence-corrected chi connectivity index (χ4v) is 3.04. The van der Waals surface area contributed by atoms with Crippen molar-refractivity contribution in [1.29, 1.82) is 10.5 Å². The van der Waals surface area contributed by atoms with E-state index in [0.717, 1.165) is 22.4 Å². The van der Waals surface area contributed by atoms with E-state index >= 15 is 0 Å². The standard InChI is InChI=1S/C19H18N4O2/c20-8-13-1-3-14(4-2-13)19-18-7-16(22-9-17(25)11-24)6-5-15(18)10-23(19)12-21/h1-7,17,19,22,24-25H,9-11H2. The van der Waals surface area contributed by atoms with Gasteiger partial charge in [-0.05, 0) is 41.0 Å². The first-order valence-corrected chi connectivity index (χ1v) is 7.98. The minimum atomic E-state index is -0.821. The molecular formula is C19H18N4O2. The molecule has 0 bridgehead atoms. The molecule has 2 atom stereocenters. The predicted octanol–water partition coefficient (Wildman–Crippen LogP) is 1.71. The Labute approximate surface area is 146 Å². The van der Waals surface area contributed by atoms with E-state index in [9.17, 15) is 10.4 Å². The van der Waals surface area contributed by atoms with Crippen LogP contribution in [0.2, 0.25) is 0 Å². The van der Waals surface area contributed by atoms with Gasteiger partial charge in [-0.2, -0.15) is 10.5 Å². The summed E-state index contributed by atoms with van der Waals surface area (Å²) < 4.78 is 0. The van der Waals surface area contributed by atoms with Crippen LogP contribution in [0.25, 0.3) is 0 Å². The average Bonchev–Trinajstić information content (AvgIpc) is 3.03. The Hall–Kier alpha value is -3.06. The third-order valence-electron chi connectivity index (χ3n) is 4.33. The highest BCUT2D eigenvalue weighted by molar-refractivity contribution is 5.54. The second-order valence-corrected chi connectivity index (χ2v) is 6.00. The molecule has 2 aromatic carbocycles. The topological polar surface area (TPSA) is 103 Å². The number of aliphatic hydroxyl groups excluding tert-OH is 2. The van der Waals surface area contributed by atoms with Gasteiger partial charge in [-0.15, -0.1) is 0 Å². The van der Waals surface area contributed by atoms with Gasteiger partial charge in [0.15, 0.2) is 6.19 Å². The SMILES string of the molecule is N#Cc1ccc(C2c3cc(NCC(O)CO)ccc3CN2C#N)cc1. The highest BCUT2D eigenvalue weighted by atomic mass is 16.3. The number of fused-ring (bicyclic) bond motifs is 1. The Kier molecular flexibility index (Phi) is 4.85. The molecule has 1 aliphatic rings. The number of rotatable bonds is 5. The summed E-state index contributed by atoms with van der Waals surface area (Å²) >= 11 is 0. The monoisotopic (exact) mass is 334 g/mol. The zero-order chi connectivity index (χ0) is 17.8. The first-order chi connectivity index (χ1) is 12.2. The van der Waals surface area contributed by atoms with Crippen molar-refractivity contribution in [3.63, 3.8) is 0 Å². The lowest BCUT2D eigenvalue weighted by atomic mass is 9.96. The first kappa shape index (κ1) is 16.8. The van der Waals surface area contributed by atoms with Crippen LogP contribution in [0.15, 0.2) is 42.5 Å². The lowest BCUT2D eigenvalue weighted by Crippen LogP contribution is -2.23. The summed E-state index contributed by atoms with van der Waals surface area (Å²) in [7, 11) is 0. The zero-order valence-electron chi connectivity index (χ0n) is 13.6. The smallest absolute Gasteiger partial charge is 0.180 e. The molecule has 0 radical (unpaired) electrons. The molecule has 1 heterocycles. The fraction of sp³-hybridized carbons (Fsp3) is 0.263. The predicted molar refractivity (Wildman–Crippen MR) is 92.2 cm³/mol. The van der Waals surface area contributed by atoms with Crippen LogP contribution in [0.5, 0.6) is 0 Å². The van der Waals surface area contributed by atoms with E-state index in [1.165, 1.54) is 0 Å². The van der Waals surface area contributed by atoms with E-state index in [0.29, 0.717) is 12.1 Å². The van der Waals surface area contributed by atoms with Gasteiger partial charge in [0.1, 0.15) is 0 Å². The van der Waals surface area contributed by atoms with Crippen molar-refractivity contribution in [3.8, 4) is 12.3 Å². The molecule has 6 nitrogen and oxygen atoms in total. The van der Waals surface area contributed by atoms with E-state index in [4.69, 9.17) is 10.4 Å². The molecular weight excluding hydrogens is 316 g/mol. The molecule has 0 saturated heterocycles. The van der Waals surface area contributed by atoms with Crippen molar-refractivity contribution in [3.05, 3.63) is 64.7 Å². The van der Waals surface area contributed by atoms with E-state index < -0.39 is 6.10 Å². The molecule has 0 saturated carbocycles. The largest absolute Gasteiger partial charge is 0.394 e. The van der Waals surface area contributed by atoms with Crippen molar-refractivity contribution in [2.24, 2.45) is 0 Å². The molecule has 0 amide bonds. The van der Waals surface area contributed by atoms with Crippen molar-refractivity contribution in [2.75, 3.05) is 18.5 Å². The van der Waals surface area contributed by atoms with E-state index in [2.05, 4.69) is 17.6 Å². The Morgan fingerprint density at radius 2 is 1.96 bits per heavy atom. The van der Waals surface area contributed by atoms with Gasteiger partial charge in [-0.1, -0.05) is 18.2 Å². The summed E-state index contributed by atoms with van der Waals surface area (Å²) in [4.78, 5) is 1.71. The Morgan fingerprint density at radius 3 is 2.60 bits per heavy atom. The number of nitriles is 2. The molecule has 0 aromatic heterocycles. The third kappa shape index (κ3) is 3.41. The maximum absolute atomic E-state index is 9.50. The Bertz CT molecular complexity index is 836. The number of hydrogen-bond donors (Lipinski definition) is 3. The summed E-state index contributed by atoms with van der Waals surface area (Å²) in [6, 6.07) is 15.0. The van der Waals surface area contributed by atoms with E-state index in [-0.39, 0.29) is 19.2 Å². The lowest BCUT2D eigenvalue weighted by Gasteiger charge is -2.20. The Balaban J connectivity index is 1.91. The van der Waals surface area contributed by atoms with Gasteiger partial charge >= 0.3 is 0 Å². The van der Waals surface area contributed by atoms with Crippen LogP contribution in [0.1, 0.15) is 28.3 Å². The first-order valence-electron chi connectivity index (χ1n) is 7.98. The van der Waals surface area contributed by atoms with Gasteiger partial charge in [0.05, 0.1) is 36.9 Å². The maximum atomic E-state index is 9.50. The Morgan fingerprint density at radius 1 is 1.20 bits per heavy atom. The number of nitrogens with zero attached hydrogens (tertiary/aromatic N) is 3. The molecule has 126 valence electrons. The van der Waals surface area contributed by atoms with Crippen LogP contribution in [0.3, 0.4) is 0 Å². The summed E-state index contributed by atoms with van der Waals surface area (Å²) in [6.45, 7) is 0.489. The number of benzene rings is 2. The van der Waals surface area contributed by atoms with Crippen molar-refractivity contribution in [1.82, 2.24) is 4.90 Å². The molecule has 3 rings (SSSR count). The molecule has 2 aromatic rings. The van der Waals surface area contributed by atoms with Gasteiger partial charge in [0.2, 0.25) is 0 Å². The van der Waals surface area contributed by atoms with Crippen molar-refractivity contribution < 1.29 is 10.2 Å². The highest BCUT2D eigenvalue weighted by Gasteiger charge is 2.31. The lowest BCUT2D eigenvalue weighted by molar-refractivity contribution is 0.105. The fourth-order valence-electron chi connectivity index (χ4n) is 3.04. The van der Waals surface area contributed by atoms with Gasteiger partial charge < -0.3 is 15.5 Å². The van der Waals surface area contributed by atoms with Crippen LogP contribution in [-0.4, -0.2) is 34.4 Å². The van der Waals surface area contributed by atoms with Crippen LogP contribution in [0, 0.1) is 22.8 Å². The number of hydrogen-bond acceptors (Lipinski definition) is 6. The van der Waals surface area contributed by atoms with Crippen LogP contribution >= 0.6 is 0 Å². The molecule has 2 unspecified atom stereocenters. The number of anilines is 1. The summed E-state index contributed by atoms with van der Waals surface area (Å²) in [5.74, 6) is 0. The number of aliphatic hydroxyl groups is 2. The van der Waals surface area contributed by atoms with Gasteiger partial charge in [0.25, 0.3) is 0 Å². The van der Waals surface area contributed by atoms with Crippen molar-refractivity contribution >= 4 is 5.69 Å². The second-order valence-electron chi connectivity index (χ2n) is 6.00. The van der Waals surface area contributed by atoms with Gasteiger partial charge in [-0.25, -0.2) is 0 Å². The highest BCUT2D eigenvalue weighted by Crippen LogP contribution is 2.39. The normalized spacial score (nSPS) is 16.6. The second kappa shape index (κ2) is 7.23. The molecule has 0 fully saturated rings. The summed E-state index contributed by atoms with van der Waals surface area (Å²) in [5, 5.41) is 39.9. The van der Waals surface area contributed by atoms with Gasteiger partial charge in [-0.3, -0.25) is 4.90 Å². The van der Waals surface area contributed by atoms with E-state index in [1.54, 1.807) is 17.0 Å². The zero-order valence-corrected chi connectivity index (χ0v) is 13.6. The van der Waals surface area contributed by atoms with Crippen LogP contribution in [0.4, 0.5) is 5.69 Å². The summed E-state index contributed by atoms with van der Waals surface area (Å²) in [6.07, 6.45) is 1.42. The third-order valence-corrected chi connectivity index (χ3v) is 4.33. The molecule has 25 heavy (non-hydrogen) atoms. The average molecular weight is 334 g/mol. The van der Waals surface area contributed by atoms with Gasteiger partial charge in [0, 0.05) is 12.2 Å². The molecule has 0 aliphatic carbocycles. The minimum absolute atomic E-state index is 0.197. The quantitative estimate of drug-likeness (QED) is 0.719. The molecule has 6 heteroatoms. The van der Waals surface area contributed by atoms with Crippen LogP contribution < -0.4 is 5.32 Å². The number of nitrogens with one attached hydrogen (secondary N) is 1. The maximum Gasteiger partial charge on any atom is 0.180 e. The van der Waals surface area contributed by atoms with Crippen LogP contribution in [-0.2, 0) is 6.54 Å².